The molecule has 0 aromatic rings. The van der Waals surface area contributed by atoms with Gasteiger partial charge in [-0.1, -0.05) is 4.47 Å². The smallest absolute Gasteiger partial charge is 0.272 e. The van der Waals surface area contributed by atoms with Crippen LogP contribution in [0.25, 0.3) is 0 Å². The van der Waals surface area contributed by atoms with Crippen LogP contribution in [-0.2, 0) is 19.4 Å². The molecule has 0 atom stereocenters. The van der Waals surface area contributed by atoms with Gasteiger partial charge in [0.15, 0.2) is 0 Å². The summed E-state index contributed by atoms with van der Waals surface area (Å²) in [4.78, 5) is 10.0. The third-order valence-corrected chi connectivity index (χ3v) is 1.55. The number of carbonyl (C=O) groups is 1. The lowest BCUT2D eigenvalue weighted by molar-refractivity contribution is -0.129. The zero-order valence-corrected chi connectivity index (χ0v) is 4.80. The lowest BCUT2D eigenvalue weighted by atomic mass is 10.8. The Labute approximate surface area is 46.1 Å². The molecule has 0 saturated carbocycles. The second-order valence-corrected chi connectivity index (χ2v) is 2.61. The molecule has 0 unspecified atom stereocenters. The van der Waals surface area contributed by atoms with Gasteiger partial charge in [-0.25, -0.2) is 0 Å². The minimum absolute atomic E-state index is 0.312. The summed E-state index contributed by atoms with van der Waals surface area (Å²) in [6.07, 6.45) is 0. The molecule has 8 heavy (non-hydrogen) atoms. The molecule has 1 saturated heterocycles. The maximum absolute atomic E-state index is 10.0. The van der Waals surface area contributed by atoms with Crippen molar-refractivity contribution in [3.8, 4) is 0 Å². The standard InChI is InChI=1S/C2H3NO4S/c1-2(4)3-7-8(3,5)6/h1H3. The number of carbonyl (C=O) groups excluding carboxylic acids is 1. The van der Waals surface area contributed by atoms with Crippen molar-refractivity contribution in [1.29, 1.82) is 0 Å². The molecular formula is C2H3NO4S. The van der Waals surface area contributed by atoms with Crippen molar-refractivity contribution in [3.63, 3.8) is 0 Å². The summed E-state index contributed by atoms with van der Waals surface area (Å²) in [6.45, 7) is 1.10. The number of amides is 1. The molecule has 0 bridgehead atoms. The van der Waals surface area contributed by atoms with E-state index < -0.39 is 16.2 Å². The molecule has 6 heteroatoms. The van der Waals surface area contributed by atoms with Crippen LogP contribution in [0.2, 0.25) is 0 Å². The summed E-state index contributed by atoms with van der Waals surface area (Å²) in [6, 6.07) is 0. The molecule has 5 nitrogen and oxygen atoms in total. The van der Waals surface area contributed by atoms with Gasteiger partial charge in [0.2, 0.25) is 0 Å². The van der Waals surface area contributed by atoms with Crippen LogP contribution in [0.5, 0.6) is 0 Å². The lowest BCUT2D eigenvalue weighted by Crippen LogP contribution is -2.04. The maximum Gasteiger partial charge on any atom is 0.411 e. The number of hydroxylamine groups is 1. The number of hydrogen-bond donors (Lipinski definition) is 0. The molecule has 0 aliphatic carbocycles. The maximum atomic E-state index is 10.0. The van der Waals surface area contributed by atoms with Gasteiger partial charge in [0, 0.05) is 6.92 Å². The molecule has 0 N–H and O–H groups in total. The van der Waals surface area contributed by atoms with Gasteiger partial charge >= 0.3 is 10.3 Å². The lowest BCUT2D eigenvalue weighted by Gasteiger charge is -1.75. The van der Waals surface area contributed by atoms with Gasteiger partial charge in [0.1, 0.15) is 0 Å². The minimum atomic E-state index is -3.57. The van der Waals surface area contributed by atoms with Crippen LogP contribution in [-0.4, -0.2) is 18.8 Å². The van der Waals surface area contributed by atoms with Gasteiger partial charge in [-0.2, -0.15) is 8.42 Å². The molecule has 46 valence electrons. The Morgan fingerprint density at radius 2 is 2.00 bits per heavy atom. The van der Waals surface area contributed by atoms with E-state index in [9.17, 15) is 13.2 Å². The normalized spacial score (nSPS) is 22.9. The Kier molecular flexibility index (Phi) is 0.831. The van der Waals surface area contributed by atoms with E-state index in [1.807, 2.05) is 0 Å². The predicted octanol–water partition coefficient (Wildman–Crippen LogP) is -0.975. The monoisotopic (exact) mass is 137 g/mol. The molecular weight excluding hydrogens is 134 g/mol. The van der Waals surface area contributed by atoms with Crippen LogP contribution in [0.4, 0.5) is 0 Å². The molecule has 1 aliphatic heterocycles. The first kappa shape index (κ1) is 5.52. The summed E-state index contributed by atoms with van der Waals surface area (Å²) >= 11 is 0. The highest BCUT2D eigenvalue weighted by Crippen LogP contribution is 2.20. The highest BCUT2D eigenvalue weighted by Gasteiger charge is 2.46. The average Bonchev–Trinajstić information content (AvgIpc) is 2.13. The van der Waals surface area contributed by atoms with Gasteiger partial charge in [-0.05, 0) is 0 Å². The van der Waals surface area contributed by atoms with Gasteiger partial charge in [-0.3, -0.25) is 4.79 Å². The fourth-order valence-electron chi connectivity index (χ4n) is 0.282. The van der Waals surface area contributed by atoms with E-state index >= 15 is 0 Å². The van der Waals surface area contributed by atoms with Gasteiger partial charge in [0.25, 0.3) is 5.91 Å². The molecule has 1 amide bonds. The summed E-state index contributed by atoms with van der Waals surface area (Å²) in [7, 11) is -3.57. The van der Waals surface area contributed by atoms with E-state index in [1.54, 1.807) is 0 Å². The van der Waals surface area contributed by atoms with Gasteiger partial charge in [-0.15, -0.1) is 4.28 Å². The number of hydrogen-bond acceptors (Lipinski definition) is 4. The van der Waals surface area contributed by atoms with Crippen molar-refractivity contribution < 1.29 is 17.5 Å². The summed E-state index contributed by atoms with van der Waals surface area (Å²) in [5, 5.41) is 0. The zero-order valence-electron chi connectivity index (χ0n) is 3.99. The molecule has 0 aromatic heterocycles. The highest BCUT2D eigenvalue weighted by molar-refractivity contribution is 7.89. The quantitative estimate of drug-likeness (QED) is 0.403. The number of nitrogens with zero attached hydrogens (tertiary/aromatic N) is 1. The van der Waals surface area contributed by atoms with E-state index in [-0.39, 0.29) is 0 Å². The molecule has 0 radical (unpaired) electrons. The highest BCUT2D eigenvalue weighted by atomic mass is 32.3. The molecule has 1 rings (SSSR count). The van der Waals surface area contributed by atoms with E-state index in [2.05, 4.69) is 4.28 Å². The Bertz CT molecular complexity index is 216. The van der Waals surface area contributed by atoms with Crippen molar-refractivity contribution in [2.45, 2.75) is 6.92 Å². The Balaban J connectivity index is 2.76. The minimum Gasteiger partial charge on any atom is -0.272 e. The second-order valence-electron chi connectivity index (χ2n) is 1.28. The molecule has 1 fully saturated rings. The first-order chi connectivity index (χ1) is 3.54. The van der Waals surface area contributed by atoms with Crippen LogP contribution < -0.4 is 0 Å². The van der Waals surface area contributed by atoms with E-state index in [1.165, 1.54) is 0 Å². The molecule has 1 aliphatic rings. The van der Waals surface area contributed by atoms with Gasteiger partial charge < -0.3 is 0 Å². The van der Waals surface area contributed by atoms with Crippen LogP contribution in [0.15, 0.2) is 0 Å². The van der Waals surface area contributed by atoms with E-state index in [0.717, 1.165) is 6.92 Å². The van der Waals surface area contributed by atoms with Crippen LogP contribution >= 0.6 is 0 Å². The topological polar surface area (TPSA) is 66.8 Å². The van der Waals surface area contributed by atoms with Crippen LogP contribution in [0, 0.1) is 0 Å². The molecule has 0 spiro atoms. The van der Waals surface area contributed by atoms with E-state index in [0.29, 0.717) is 4.47 Å². The van der Waals surface area contributed by atoms with Crippen molar-refractivity contribution in [2.75, 3.05) is 0 Å². The van der Waals surface area contributed by atoms with Crippen molar-refractivity contribution >= 4 is 16.2 Å². The third-order valence-electron chi connectivity index (χ3n) is 0.602. The van der Waals surface area contributed by atoms with Gasteiger partial charge in [0.05, 0.1) is 0 Å². The largest absolute Gasteiger partial charge is 0.411 e. The second kappa shape index (κ2) is 1.20. The molecule has 0 aromatic carbocycles. The first-order valence-corrected chi connectivity index (χ1v) is 3.16. The van der Waals surface area contributed by atoms with Crippen molar-refractivity contribution in [1.82, 2.24) is 4.47 Å². The SMILES string of the molecule is CC(=O)N1OS1(=O)=O. The average molecular weight is 137 g/mol. The Morgan fingerprint density at radius 3 is 2.00 bits per heavy atom. The Hall–Kier alpha value is -0.620. The third kappa shape index (κ3) is 0.673. The predicted molar refractivity (Wildman–Crippen MR) is 22.5 cm³/mol. The fourth-order valence-corrected chi connectivity index (χ4v) is 0.995. The summed E-state index contributed by atoms with van der Waals surface area (Å²) < 4.78 is 24.1. The van der Waals surface area contributed by atoms with E-state index in [4.69, 9.17) is 0 Å². The van der Waals surface area contributed by atoms with Crippen molar-refractivity contribution in [2.24, 2.45) is 0 Å². The summed E-state index contributed by atoms with van der Waals surface area (Å²) in [5.41, 5.74) is 0. The Morgan fingerprint density at radius 1 is 1.62 bits per heavy atom. The van der Waals surface area contributed by atoms with Crippen LogP contribution in [0.1, 0.15) is 6.92 Å². The molecule has 1 heterocycles. The zero-order chi connectivity index (χ0) is 6.36. The first-order valence-electron chi connectivity index (χ1n) is 1.79. The van der Waals surface area contributed by atoms with Crippen molar-refractivity contribution in [3.05, 3.63) is 0 Å². The fraction of sp³-hybridized carbons (Fsp3) is 0.500. The number of rotatable bonds is 0. The summed E-state index contributed by atoms with van der Waals surface area (Å²) in [5.74, 6) is -0.620. The van der Waals surface area contributed by atoms with Crippen LogP contribution in [0.3, 0.4) is 0 Å².